The lowest BCUT2D eigenvalue weighted by molar-refractivity contribution is 0.454. The van der Waals surface area contributed by atoms with Gasteiger partial charge in [-0.05, 0) is 53.2 Å². The number of fused-ring (bicyclic) bond motifs is 1. The van der Waals surface area contributed by atoms with Crippen LogP contribution in [0.5, 0.6) is 0 Å². The molecule has 18 heavy (non-hydrogen) atoms. The second-order valence-electron chi connectivity index (χ2n) is 4.84. The van der Waals surface area contributed by atoms with Crippen molar-refractivity contribution in [1.82, 2.24) is 9.78 Å². The fourth-order valence-electron chi connectivity index (χ4n) is 2.77. The van der Waals surface area contributed by atoms with E-state index in [0.29, 0.717) is 0 Å². The fraction of sp³-hybridized carbons (Fsp3) is 0.357. The van der Waals surface area contributed by atoms with Crippen LogP contribution in [0.15, 0.2) is 28.7 Å². The van der Waals surface area contributed by atoms with E-state index in [9.17, 15) is 0 Å². The van der Waals surface area contributed by atoms with Crippen molar-refractivity contribution in [2.75, 3.05) is 5.73 Å². The van der Waals surface area contributed by atoms with Gasteiger partial charge in [-0.25, -0.2) is 4.68 Å². The molecular weight excluding hydrogens is 290 g/mol. The summed E-state index contributed by atoms with van der Waals surface area (Å²) in [6.07, 6.45) is 3.46. The van der Waals surface area contributed by atoms with Crippen molar-refractivity contribution in [2.24, 2.45) is 0 Å². The molecule has 3 nitrogen and oxygen atoms in total. The number of nitrogens with two attached hydrogens (primary N) is 1. The van der Waals surface area contributed by atoms with Crippen LogP contribution >= 0.6 is 15.9 Å². The molecule has 1 atom stereocenters. The van der Waals surface area contributed by atoms with Gasteiger partial charge in [-0.3, -0.25) is 0 Å². The summed E-state index contributed by atoms with van der Waals surface area (Å²) in [5, 5.41) is 4.58. The Kier molecular flexibility index (Phi) is 2.90. The summed E-state index contributed by atoms with van der Waals surface area (Å²) in [6, 6.07) is 8.89. The highest BCUT2D eigenvalue weighted by Crippen LogP contribution is 2.36. The largest absolute Gasteiger partial charge is 0.383 e. The number of nitrogen functional groups attached to an aromatic ring is 1. The maximum atomic E-state index is 6.14. The number of rotatable bonds is 1. The number of hydrogen-bond donors (Lipinski definition) is 1. The number of aryl methyl sites for hydroxylation is 2. The summed E-state index contributed by atoms with van der Waals surface area (Å²) in [5.74, 6) is 0.731. The van der Waals surface area contributed by atoms with Crippen LogP contribution in [-0.4, -0.2) is 9.78 Å². The van der Waals surface area contributed by atoms with Crippen molar-refractivity contribution in [3.8, 4) is 0 Å². The zero-order valence-corrected chi connectivity index (χ0v) is 11.9. The molecule has 1 aliphatic carbocycles. The minimum Gasteiger partial charge on any atom is -0.383 e. The number of aromatic nitrogens is 2. The third-order valence-corrected chi connectivity index (χ3v) is 4.66. The molecule has 2 N–H and O–H groups in total. The van der Waals surface area contributed by atoms with E-state index in [1.165, 1.54) is 17.5 Å². The second kappa shape index (κ2) is 4.43. The van der Waals surface area contributed by atoms with Crippen LogP contribution in [0.1, 0.15) is 35.7 Å². The molecule has 1 aliphatic rings. The molecule has 4 heteroatoms. The summed E-state index contributed by atoms with van der Waals surface area (Å²) in [5.41, 5.74) is 9.89. The van der Waals surface area contributed by atoms with Gasteiger partial charge in [0, 0.05) is 0 Å². The van der Waals surface area contributed by atoms with Gasteiger partial charge in [0.25, 0.3) is 0 Å². The Morgan fingerprint density at radius 1 is 1.39 bits per heavy atom. The molecule has 1 unspecified atom stereocenters. The van der Waals surface area contributed by atoms with E-state index in [1.807, 2.05) is 11.6 Å². The van der Waals surface area contributed by atoms with Crippen LogP contribution in [0.4, 0.5) is 5.82 Å². The van der Waals surface area contributed by atoms with E-state index in [4.69, 9.17) is 5.73 Å². The number of halogens is 1. The lowest BCUT2D eigenvalue weighted by Crippen LogP contribution is -2.19. The van der Waals surface area contributed by atoms with Crippen molar-refractivity contribution < 1.29 is 0 Å². The molecule has 0 fully saturated rings. The monoisotopic (exact) mass is 305 g/mol. The van der Waals surface area contributed by atoms with Crippen LogP contribution < -0.4 is 5.73 Å². The Labute approximate surface area is 115 Å². The molecule has 2 aromatic rings. The van der Waals surface area contributed by atoms with E-state index < -0.39 is 0 Å². The predicted octanol–water partition coefficient (Wildman–Crippen LogP) is 3.46. The van der Waals surface area contributed by atoms with E-state index in [0.717, 1.165) is 28.8 Å². The van der Waals surface area contributed by atoms with Gasteiger partial charge < -0.3 is 5.73 Å². The summed E-state index contributed by atoms with van der Waals surface area (Å²) in [6.45, 7) is 1.98. The average molecular weight is 306 g/mol. The Morgan fingerprint density at radius 3 is 2.89 bits per heavy atom. The number of hydrogen-bond acceptors (Lipinski definition) is 2. The molecule has 0 saturated carbocycles. The highest BCUT2D eigenvalue weighted by atomic mass is 79.9. The SMILES string of the molecule is Cc1nn(C2CCCc3ccccc32)c(N)c1Br. The molecule has 0 saturated heterocycles. The van der Waals surface area contributed by atoms with Gasteiger partial charge >= 0.3 is 0 Å². The van der Waals surface area contributed by atoms with E-state index in [2.05, 4.69) is 45.3 Å². The molecular formula is C14H16BrN3. The maximum Gasteiger partial charge on any atom is 0.137 e. The summed E-state index contributed by atoms with van der Waals surface area (Å²) in [4.78, 5) is 0. The fourth-order valence-corrected chi connectivity index (χ4v) is 3.03. The summed E-state index contributed by atoms with van der Waals surface area (Å²) < 4.78 is 2.89. The highest BCUT2D eigenvalue weighted by Gasteiger charge is 2.24. The average Bonchev–Trinajstić information content (AvgIpc) is 2.66. The normalized spacial score (nSPS) is 18.7. The first-order chi connectivity index (χ1) is 8.68. The smallest absolute Gasteiger partial charge is 0.137 e. The number of benzene rings is 1. The third-order valence-electron chi connectivity index (χ3n) is 3.68. The summed E-state index contributed by atoms with van der Waals surface area (Å²) >= 11 is 3.50. The second-order valence-corrected chi connectivity index (χ2v) is 5.63. The molecule has 1 aromatic carbocycles. The minimum atomic E-state index is 0.278. The van der Waals surface area contributed by atoms with Gasteiger partial charge in [-0.1, -0.05) is 24.3 Å². The number of nitrogens with zero attached hydrogens (tertiary/aromatic N) is 2. The molecule has 0 aliphatic heterocycles. The highest BCUT2D eigenvalue weighted by molar-refractivity contribution is 9.10. The quantitative estimate of drug-likeness (QED) is 0.877. The van der Waals surface area contributed by atoms with Gasteiger partial charge in [-0.2, -0.15) is 5.10 Å². The zero-order chi connectivity index (χ0) is 12.7. The third kappa shape index (κ3) is 1.75. The maximum absolute atomic E-state index is 6.14. The molecule has 0 amide bonds. The molecule has 94 valence electrons. The Bertz CT molecular complexity index is 589. The Balaban J connectivity index is 2.11. The number of anilines is 1. The Morgan fingerprint density at radius 2 is 2.17 bits per heavy atom. The van der Waals surface area contributed by atoms with Gasteiger partial charge in [0.2, 0.25) is 0 Å². The van der Waals surface area contributed by atoms with E-state index in [1.54, 1.807) is 0 Å². The molecule has 0 bridgehead atoms. The van der Waals surface area contributed by atoms with E-state index >= 15 is 0 Å². The zero-order valence-electron chi connectivity index (χ0n) is 10.4. The van der Waals surface area contributed by atoms with Crippen LogP contribution in [0.3, 0.4) is 0 Å². The molecule has 1 aromatic heterocycles. The lowest BCUT2D eigenvalue weighted by Gasteiger charge is -2.26. The predicted molar refractivity (Wildman–Crippen MR) is 76.6 cm³/mol. The van der Waals surface area contributed by atoms with Crippen LogP contribution in [-0.2, 0) is 6.42 Å². The van der Waals surface area contributed by atoms with Crippen LogP contribution in [0.2, 0.25) is 0 Å². The lowest BCUT2D eigenvalue weighted by atomic mass is 9.88. The van der Waals surface area contributed by atoms with E-state index in [-0.39, 0.29) is 6.04 Å². The van der Waals surface area contributed by atoms with Gasteiger partial charge in [0.15, 0.2) is 0 Å². The molecule has 1 heterocycles. The summed E-state index contributed by atoms with van der Waals surface area (Å²) in [7, 11) is 0. The topological polar surface area (TPSA) is 43.8 Å². The first-order valence-electron chi connectivity index (χ1n) is 6.26. The standard InChI is InChI=1S/C14H16BrN3/c1-9-13(15)14(16)18(17-9)12-8-4-6-10-5-2-3-7-11(10)12/h2-3,5,7,12H,4,6,8,16H2,1H3. The van der Waals surface area contributed by atoms with Crippen molar-refractivity contribution in [3.63, 3.8) is 0 Å². The molecule has 3 rings (SSSR count). The van der Waals surface area contributed by atoms with Crippen molar-refractivity contribution in [2.45, 2.75) is 32.2 Å². The first kappa shape index (κ1) is 11.8. The minimum absolute atomic E-state index is 0.278. The van der Waals surface area contributed by atoms with Gasteiger partial charge in [0.1, 0.15) is 5.82 Å². The Hall–Kier alpha value is -1.29. The van der Waals surface area contributed by atoms with Crippen molar-refractivity contribution in [3.05, 3.63) is 45.6 Å². The molecule has 0 spiro atoms. The van der Waals surface area contributed by atoms with Crippen LogP contribution in [0, 0.1) is 6.92 Å². The first-order valence-corrected chi connectivity index (χ1v) is 7.05. The van der Waals surface area contributed by atoms with Crippen molar-refractivity contribution in [1.29, 1.82) is 0 Å². The van der Waals surface area contributed by atoms with Crippen LogP contribution in [0.25, 0.3) is 0 Å². The van der Waals surface area contributed by atoms with Crippen molar-refractivity contribution >= 4 is 21.7 Å². The van der Waals surface area contributed by atoms with Gasteiger partial charge in [-0.15, -0.1) is 0 Å². The molecule has 0 radical (unpaired) electrons. The van der Waals surface area contributed by atoms with Gasteiger partial charge in [0.05, 0.1) is 16.2 Å².